The van der Waals surface area contributed by atoms with Crippen LogP contribution in [0.15, 0.2) is 23.3 Å². The summed E-state index contributed by atoms with van der Waals surface area (Å²) in [7, 11) is 0. The van der Waals surface area contributed by atoms with E-state index in [4.69, 9.17) is 0 Å². The molecule has 1 aliphatic rings. The maximum absolute atomic E-state index is 4.05. The summed E-state index contributed by atoms with van der Waals surface area (Å²) in [6, 6.07) is 4.10. The minimum absolute atomic E-state index is 0. The van der Waals surface area contributed by atoms with Gasteiger partial charge in [-0.2, -0.15) is 0 Å². The van der Waals surface area contributed by atoms with E-state index in [-0.39, 0.29) is 1.43 Å². The molecule has 1 aromatic rings. The number of nitrogens with zero attached hydrogens (tertiary/aromatic N) is 2. The van der Waals surface area contributed by atoms with Gasteiger partial charge in [-0.15, -0.1) is 0 Å². The van der Waals surface area contributed by atoms with Crippen molar-refractivity contribution in [3.05, 3.63) is 24.0 Å². The van der Waals surface area contributed by atoms with E-state index in [2.05, 4.69) is 11.1 Å². The number of hydrogen-bond donors (Lipinski definition) is 0. The molecule has 40 valence electrons. The highest BCUT2D eigenvalue weighted by Crippen LogP contribution is 2.05. The lowest BCUT2D eigenvalue weighted by Crippen LogP contribution is -1.87. The van der Waals surface area contributed by atoms with E-state index in [9.17, 15) is 0 Å². The minimum atomic E-state index is 0. The van der Waals surface area contributed by atoms with Gasteiger partial charge in [0.25, 0.3) is 0 Å². The summed E-state index contributed by atoms with van der Waals surface area (Å²) in [5.74, 6) is 0. The van der Waals surface area contributed by atoms with Crippen LogP contribution in [-0.4, -0.2) is 10.9 Å². The highest BCUT2D eigenvalue weighted by Gasteiger charge is 2.00. The van der Waals surface area contributed by atoms with Crippen molar-refractivity contribution in [1.82, 2.24) is 4.57 Å². The SMILES string of the molecule is C1=NCc2cccn21.[H+]. The van der Waals surface area contributed by atoms with Gasteiger partial charge in [-0.3, -0.25) is 4.99 Å². The van der Waals surface area contributed by atoms with Crippen molar-refractivity contribution < 1.29 is 1.43 Å². The van der Waals surface area contributed by atoms with E-state index < -0.39 is 0 Å². The van der Waals surface area contributed by atoms with Gasteiger partial charge in [0, 0.05) is 11.9 Å². The average molecular weight is 107 g/mol. The molecule has 0 saturated heterocycles. The van der Waals surface area contributed by atoms with E-state index in [1.54, 1.807) is 0 Å². The molecule has 1 aromatic heterocycles. The van der Waals surface area contributed by atoms with Gasteiger partial charge in [0.05, 0.1) is 12.9 Å². The first-order valence-electron chi connectivity index (χ1n) is 2.62. The molecule has 0 aliphatic carbocycles. The Bertz CT molecular complexity index is 227. The van der Waals surface area contributed by atoms with Gasteiger partial charge < -0.3 is 4.57 Å². The van der Waals surface area contributed by atoms with Gasteiger partial charge in [0.1, 0.15) is 0 Å². The van der Waals surface area contributed by atoms with Crippen LogP contribution in [0.25, 0.3) is 0 Å². The Kier molecular flexibility index (Phi) is 0.592. The standard InChI is InChI=1S/C6H6N2/c1-2-6-4-7-5-8(6)3-1/h1-3,5H,4H2/p+1. The van der Waals surface area contributed by atoms with E-state index in [0.717, 1.165) is 6.54 Å². The molecule has 2 heterocycles. The Hall–Kier alpha value is -1.05. The lowest BCUT2D eigenvalue weighted by Gasteiger charge is -1.85. The topological polar surface area (TPSA) is 17.3 Å². The molecule has 0 fully saturated rings. The van der Waals surface area contributed by atoms with Crippen molar-refractivity contribution in [2.45, 2.75) is 6.54 Å². The number of hydrogen-bond acceptors (Lipinski definition) is 1. The number of aromatic nitrogens is 1. The maximum atomic E-state index is 4.05. The van der Waals surface area contributed by atoms with Crippen molar-refractivity contribution in [3.63, 3.8) is 0 Å². The second kappa shape index (κ2) is 1.22. The smallest absolute Gasteiger partial charge is 0.310 e. The molecule has 2 rings (SSSR count). The Morgan fingerprint density at radius 2 is 2.75 bits per heavy atom. The lowest BCUT2D eigenvalue weighted by molar-refractivity contribution is 1.04. The fourth-order valence-electron chi connectivity index (χ4n) is 0.898. The quantitative estimate of drug-likeness (QED) is 0.470. The minimum Gasteiger partial charge on any atom is -0.310 e. The third-order valence-electron chi connectivity index (χ3n) is 1.33. The maximum Gasteiger partial charge on any atom is 1.00 e. The van der Waals surface area contributed by atoms with E-state index in [1.807, 2.05) is 23.2 Å². The first-order chi connectivity index (χ1) is 3.97. The Morgan fingerprint density at radius 1 is 1.75 bits per heavy atom. The molecular weight excluding hydrogens is 100 g/mol. The molecule has 0 saturated carbocycles. The van der Waals surface area contributed by atoms with E-state index in [1.165, 1.54) is 5.69 Å². The van der Waals surface area contributed by atoms with Gasteiger partial charge in [0.2, 0.25) is 0 Å². The van der Waals surface area contributed by atoms with Crippen molar-refractivity contribution >= 4 is 6.34 Å². The van der Waals surface area contributed by atoms with Crippen LogP contribution in [-0.2, 0) is 6.54 Å². The predicted molar refractivity (Wildman–Crippen MR) is 33.1 cm³/mol. The lowest BCUT2D eigenvalue weighted by atomic mass is 10.4. The molecule has 1 aliphatic heterocycles. The molecule has 0 radical (unpaired) electrons. The van der Waals surface area contributed by atoms with Crippen LogP contribution < -0.4 is 0 Å². The first-order valence-corrected chi connectivity index (χ1v) is 2.62. The summed E-state index contributed by atoms with van der Waals surface area (Å²) < 4.78 is 2.03. The number of aliphatic imine (C=N–C) groups is 1. The highest BCUT2D eigenvalue weighted by molar-refractivity contribution is 5.62. The fraction of sp³-hybridized carbons (Fsp3) is 0.167. The average Bonchev–Trinajstić information content (AvgIpc) is 2.15. The molecular formula is C6H7N2+. The molecule has 0 aromatic carbocycles. The van der Waals surface area contributed by atoms with Crippen LogP contribution in [0.5, 0.6) is 0 Å². The molecule has 0 atom stereocenters. The summed E-state index contributed by atoms with van der Waals surface area (Å²) >= 11 is 0. The van der Waals surface area contributed by atoms with Gasteiger partial charge in [0.15, 0.2) is 0 Å². The first kappa shape index (κ1) is 3.89. The zero-order valence-electron chi connectivity index (χ0n) is 5.41. The van der Waals surface area contributed by atoms with Crippen molar-refractivity contribution in [2.24, 2.45) is 4.99 Å². The van der Waals surface area contributed by atoms with Gasteiger partial charge in [-0.25, -0.2) is 0 Å². The van der Waals surface area contributed by atoms with Crippen molar-refractivity contribution in [1.29, 1.82) is 0 Å². The highest BCUT2D eigenvalue weighted by atomic mass is 15.1. The second-order valence-corrected chi connectivity index (χ2v) is 1.86. The monoisotopic (exact) mass is 107 g/mol. The predicted octanol–water partition coefficient (Wildman–Crippen LogP) is 0.991. The molecule has 0 N–H and O–H groups in total. The van der Waals surface area contributed by atoms with E-state index in [0.29, 0.717) is 0 Å². The Morgan fingerprint density at radius 3 is 3.62 bits per heavy atom. The molecule has 0 spiro atoms. The third kappa shape index (κ3) is 0.346. The van der Waals surface area contributed by atoms with Crippen LogP contribution >= 0.6 is 0 Å². The molecule has 8 heavy (non-hydrogen) atoms. The van der Waals surface area contributed by atoms with E-state index >= 15 is 0 Å². The molecule has 0 bridgehead atoms. The zero-order valence-corrected chi connectivity index (χ0v) is 4.41. The summed E-state index contributed by atoms with van der Waals surface area (Å²) in [6.45, 7) is 0.854. The van der Waals surface area contributed by atoms with Gasteiger partial charge in [-0.05, 0) is 12.1 Å². The van der Waals surface area contributed by atoms with Crippen LogP contribution in [0.4, 0.5) is 0 Å². The van der Waals surface area contributed by atoms with Gasteiger partial charge >= 0.3 is 1.43 Å². The number of fused-ring (bicyclic) bond motifs is 1. The summed E-state index contributed by atoms with van der Waals surface area (Å²) in [5, 5.41) is 0. The Labute approximate surface area is 49.0 Å². The van der Waals surface area contributed by atoms with Crippen molar-refractivity contribution in [3.8, 4) is 0 Å². The Balaban J connectivity index is 0.000000405. The third-order valence-corrected chi connectivity index (χ3v) is 1.33. The van der Waals surface area contributed by atoms with Gasteiger partial charge in [-0.1, -0.05) is 0 Å². The molecule has 0 amide bonds. The molecule has 2 heteroatoms. The zero-order chi connectivity index (χ0) is 5.40. The van der Waals surface area contributed by atoms with Crippen LogP contribution in [0.1, 0.15) is 7.12 Å². The van der Waals surface area contributed by atoms with Crippen molar-refractivity contribution in [2.75, 3.05) is 0 Å². The second-order valence-electron chi connectivity index (χ2n) is 1.86. The fourth-order valence-corrected chi connectivity index (χ4v) is 0.898. The number of rotatable bonds is 0. The van der Waals surface area contributed by atoms with Crippen LogP contribution in [0, 0.1) is 0 Å². The molecule has 0 unspecified atom stereocenters. The summed E-state index contributed by atoms with van der Waals surface area (Å²) in [6.07, 6.45) is 3.85. The van der Waals surface area contributed by atoms with Crippen LogP contribution in [0.3, 0.4) is 0 Å². The van der Waals surface area contributed by atoms with Crippen LogP contribution in [0.2, 0.25) is 0 Å². The largest absolute Gasteiger partial charge is 1.00 e. The normalized spacial score (nSPS) is 14.5. The molecule has 2 nitrogen and oxygen atoms in total. The summed E-state index contributed by atoms with van der Waals surface area (Å²) in [4.78, 5) is 4.05. The summed E-state index contributed by atoms with van der Waals surface area (Å²) in [5.41, 5.74) is 1.28.